The molecule has 138 valence electrons. The average molecular weight is 366 g/mol. The molecule has 0 aliphatic carbocycles. The van der Waals surface area contributed by atoms with E-state index in [9.17, 15) is 0 Å². The zero-order chi connectivity index (χ0) is 19.3. The number of benzene rings is 4. The van der Waals surface area contributed by atoms with E-state index < -0.39 is 0 Å². The number of hydrogen-bond donors (Lipinski definition) is 1. The summed E-state index contributed by atoms with van der Waals surface area (Å²) in [5.74, 6) is 0. The van der Waals surface area contributed by atoms with E-state index >= 15 is 0 Å². The number of para-hydroxylation sites is 2. The second-order valence-electron chi connectivity index (χ2n) is 7.09. The van der Waals surface area contributed by atoms with E-state index in [0.29, 0.717) is 0 Å². The first kappa shape index (κ1) is 18.0. The Hall–Kier alpha value is -3.36. The number of quaternary nitrogens is 1. The molecule has 2 nitrogen and oxygen atoms in total. The van der Waals surface area contributed by atoms with E-state index in [-0.39, 0.29) is 0 Å². The molecule has 28 heavy (non-hydrogen) atoms. The monoisotopic (exact) mass is 365 g/mol. The van der Waals surface area contributed by atoms with Crippen LogP contribution in [0.3, 0.4) is 0 Å². The lowest BCUT2D eigenvalue weighted by Crippen LogP contribution is -3.09. The zero-order valence-electron chi connectivity index (χ0n) is 16.3. The van der Waals surface area contributed by atoms with Gasteiger partial charge < -0.3 is 0 Å². The van der Waals surface area contributed by atoms with Gasteiger partial charge in [-0.1, -0.05) is 71.8 Å². The Balaban J connectivity index is 1.93. The fourth-order valence-corrected chi connectivity index (χ4v) is 3.41. The summed E-state index contributed by atoms with van der Waals surface area (Å²) in [6.45, 7) is 4.25. The van der Waals surface area contributed by atoms with Crippen molar-refractivity contribution in [3.05, 3.63) is 120 Å². The fourth-order valence-electron chi connectivity index (χ4n) is 3.41. The van der Waals surface area contributed by atoms with Gasteiger partial charge in [0.15, 0.2) is 11.4 Å². The number of nitrogens with one attached hydrogen (secondary N) is 1. The predicted molar refractivity (Wildman–Crippen MR) is 118 cm³/mol. The number of anilines is 2. The summed E-state index contributed by atoms with van der Waals surface area (Å²) in [6.07, 6.45) is 0. The van der Waals surface area contributed by atoms with E-state index in [1.807, 2.05) is 0 Å². The molecular formula is C26H25N2+. The number of aryl methyl sites for hydroxylation is 2. The molecule has 4 aromatic carbocycles. The second kappa shape index (κ2) is 8.12. The van der Waals surface area contributed by atoms with Crippen LogP contribution < -0.4 is 10.0 Å². The van der Waals surface area contributed by atoms with Crippen molar-refractivity contribution in [1.82, 2.24) is 0 Å². The predicted octanol–water partition coefficient (Wildman–Crippen LogP) is 5.90. The molecule has 2 heteroatoms. The van der Waals surface area contributed by atoms with Gasteiger partial charge in [0.2, 0.25) is 0 Å². The van der Waals surface area contributed by atoms with Crippen LogP contribution in [-0.4, -0.2) is 0 Å². The summed E-state index contributed by atoms with van der Waals surface area (Å²) in [5.41, 5.74) is 7.20. The van der Waals surface area contributed by atoms with Gasteiger partial charge in [-0.3, -0.25) is 0 Å². The molecule has 4 rings (SSSR count). The van der Waals surface area contributed by atoms with E-state index in [1.165, 1.54) is 27.5 Å². The molecule has 0 fully saturated rings. The van der Waals surface area contributed by atoms with Gasteiger partial charge >= 0.3 is 0 Å². The Bertz CT molecular complexity index is 922. The minimum atomic E-state index is 1.14. The second-order valence-corrected chi connectivity index (χ2v) is 7.09. The van der Waals surface area contributed by atoms with Crippen LogP contribution in [0.2, 0.25) is 0 Å². The molecule has 4 aromatic rings. The van der Waals surface area contributed by atoms with Gasteiger partial charge in [-0.25, -0.2) is 0 Å². The van der Waals surface area contributed by atoms with Crippen LogP contribution >= 0.6 is 0 Å². The first-order valence-corrected chi connectivity index (χ1v) is 9.63. The van der Waals surface area contributed by atoms with Gasteiger partial charge in [0.25, 0.3) is 0 Å². The highest BCUT2D eigenvalue weighted by molar-refractivity contribution is 5.61. The van der Waals surface area contributed by atoms with Crippen LogP contribution in [0.5, 0.6) is 0 Å². The molecule has 0 saturated carbocycles. The van der Waals surface area contributed by atoms with Gasteiger partial charge in [0.1, 0.15) is 0 Å². The standard InChI is InChI=1S/C26H24N2/c1-21-13-17-25(18-14-21)28(26-19-15-22(2)16-20-26)27(23-9-5-3-6-10-23)24-11-7-4-8-12-24/h3-20H,1-2H3/p+1. The van der Waals surface area contributed by atoms with Crippen LogP contribution in [0, 0.1) is 13.8 Å². The summed E-state index contributed by atoms with van der Waals surface area (Å²) in [7, 11) is 0. The van der Waals surface area contributed by atoms with Gasteiger partial charge in [-0.15, -0.1) is 0 Å². The molecule has 1 N–H and O–H groups in total. The molecule has 0 amide bonds. The maximum absolute atomic E-state index is 2.34. The molecule has 0 aromatic heterocycles. The molecular weight excluding hydrogens is 340 g/mol. The van der Waals surface area contributed by atoms with Crippen molar-refractivity contribution in [1.29, 1.82) is 0 Å². The normalized spacial score (nSPS) is 10.8. The Morgan fingerprint density at radius 1 is 0.464 bits per heavy atom. The molecule has 0 aliphatic heterocycles. The summed E-state index contributed by atoms with van der Waals surface area (Å²) in [4.78, 5) is 0. The van der Waals surface area contributed by atoms with Crippen molar-refractivity contribution in [2.24, 2.45) is 0 Å². The highest BCUT2D eigenvalue weighted by Gasteiger charge is 2.26. The highest BCUT2D eigenvalue weighted by atomic mass is 15.6. The molecule has 0 aliphatic rings. The third-order valence-electron chi connectivity index (χ3n) is 4.90. The van der Waals surface area contributed by atoms with Crippen LogP contribution in [0.4, 0.5) is 22.7 Å². The SMILES string of the molecule is Cc1ccc([NH+](c2ccc(C)cc2)N(c2ccccc2)c2ccccc2)cc1. The van der Waals surface area contributed by atoms with Crippen LogP contribution in [-0.2, 0) is 0 Å². The maximum Gasteiger partial charge on any atom is 0.161 e. The van der Waals surface area contributed by atoms with E-state index in [0.717, 1.165) is 11.4 Å². The first-order valence-electron chi connectivity index (χ1n) is 9.63. The number of rotatable bonds is 5. The molecule has 0 radical (unpaired) electrons. The minimum Gasteiger partial charge on any atom is -0.184 e. The van der Waals surface area contributed by atoms with Crippen LogP contribution in [0.25, 0.3) is 0 Å². The maximum atomic E-state index is 2.34. The molecule has 0 saturated heterocycles. The van der Waals surface area contributed by atoms with Crippen molar-refractivity contribution in [3.8, 4) is 0 Å². The Kier molecular flexibility index (Phi) is 5.22. The Labute approximate surface area is 167 Å². The summed E-state index contributed by atoms with van der Waals surface area (Å²) >= 11 is 0. The van der Waals surface area contributed by atoms with Gasteiger partial charge in [0.05, 0.1) is 11.4 Å². The summed E-state index contributed by atoms with van der Waals surface area (Å²) in [6, 6.07) is 38.7. The van der Waals surface area contributed by atoms with Gasteiger partial charge in [-0.05, 0) is 38.1 Å². The molecule has 0 heterocycles. The molecule has 0 atom stereocenters. The molecule has 0 spiro atoms. The quantitative estimate of drug-likeness (QED) is 0.432. The van der Waals surface area contributed by atoms with Crippen molar-refractivity contribution in [2.45, 2.75) is 13.8 Å². The van der Waals surface area contributed by atoms with Crippen LogP contribution in [0.1, 0.15) is 11.1 Å². The average Bonchev–Trinajstić information content (AvgIpc) is 2.75. The Morgan fingerprint density at radius 3 is 1.18 bits per heavy atom. The third-order valence-corrected chi connectivity index (χ3v) is 4.90. The van der Waals surface area contributed by atoms with Crippen molar-refractivity contribution >= 4 is 22.7 Å². The van der Waals surface area contributed by atoms with Crippen molar-refractivity contribution < 1.29 is 5.01 Å². The Morgan fingerprint density at radius 2 is 0.821 bits per heavy atom. The number of hydrogen-bond acceptors (Lipinski definition) is 1. The fraction of sp³-hybridized carbons (Fsp3) is 0.0769. The summed E-state index contributed by atoms with van der Waals surface area (Å²) < 4.78 is 0. The van der Waals surface area contributed by atoms with E-state index in [1.54, 1.807) is 0 Å². The molecule has 0 bridgehead atoms. The lowest BCUT2D eigenvalue weighted by molar-refractivity contribution is -0.763. The third kappa shape index (κ3) is 3.83. The number of nitrogens with zero attached hydrogens (tertiary/aromatic N) is 1. The van der Waals surface area contributed by atoms with Crippen LogP contribution in [0.15, 0.2) is 109 Å². The van der Waals surface area contributed by atoms with Crippen molar-refractivity contribution in [3.63, 3.8) is 0 Å². The summed E-state index contributed by atoms with van der Waals surface area (Å²) in [5, 5.41) is 3.52. The molecule has 0 unspecified atom stereocenters. The van der Waals surface area contributed by atoms with E-state index in [2.05, 4.69) is 128 Å². The lowest BCUT2D eigenvalue weighted by atomic mass is 10.1. The largest absolute Gasteiger partial charge is 0.184 e. The van der Waals surface area contributed by atoms with Gasteiger partial charge in [0, 0.05) is 24.3 Å². The zero-order valence-corrected chi connectivity index (χ0v) is 16.3. The first-order chi connectivity index (χ1) is 13.7. The highest BCUT2D eigenvalue weighted by Crippen LogP contribution is 2.24. The van der Waals surface area contributed by atoms with Crippen molar-refractivity contribution in [2.75, 3.05) is 5.01 Å². The topological polar surface area (TPSA) is 7.68 Å². The minimum absolute atomic E-state index is 1.14. The van der Waals surface area contributed by atoms with E-state index in [4.69, 9.17) is 0 Å². The lowest BCUT2D eigenvalue weighted by Gasteiger charge is -2.32. The smallest absolute Gasteiger partial charge is 0.161 e. The van der Waals surface area contributed by atoms with Gasteiger partial charge in [-0.2, -0.15) is 10.0 Å².